The number of carbonyl (C=O) groups excluding carboxylic acids is 1. The molecule has 0 fully saturated rings. The van der Waals surface area contributed by atoms with E-state index in [4.69, 9.17) is 11.6 Å². The summed E-state index contributed by atoms with van der Waals surface area (Å²) in [6, 6.07) is 7.77. The van der Waals surface area contributed by atoms with E-state index < -0.39 is 18.0 Å². The van der Waals surface area contributed by atoms with Gasteiger partial charge in [0.25, 0.3) is 5.91 Å². The summed E-state index contributed by atoms with van der Waals surface area (Å²) in [4.78, 5) is 11.8. The zero-order chi connectivity index (χ0) is 15.5. The highest BCUT2D eigenvalue weighted by Crippen LogP contribution is 2.30. The molecule has 1 aromatic heterocycles. The predicted octanol–water partition coefficient (Wildman–Crippen LogP) is 3.28. The van der Waals surface area contributed by atoms with Crippen molar-refractivity contribution in [2.24, 2.45) is 0 Å². The Morgan fingerprint density at radius 1 is 1.14 bits per heavy atom. The first kappa shape index (κ1) is 15.0. The number of halogens is 4. The highest BCUT2D eigenvalue weighted by molar-refractivity contribution is 6.29. The van der Waals surface area contributed by atoms with Crippen LogP contribution in [0.25, 0.3) is 0 Å². The third-order valence-corrected chi connectivity index (χ3v) is 2.43. The number of nitrogens with one attached hydrogen (secondary N) is 1. The number of alkyl halides is 3. The normalized spacial score (nSPS) is 11.0. The maximum Gasteiger partial charge on any atom is 0.573 e. The summed E-state index contributed by atoms with van der Waals surface area (Å²) in [7, 11) is 0. The van der Waals surface area contributed by atoms with Gasteiger partial charge in [0.2, 0.25) is 0 Å². The fourth-order valence-corrected chi connectivity index (χ4v) is 1.51. The molecular weight excluding hydrogens is 311 g/mol. The van der Waals surface area contributed by atoms with Gasteiger partial charge in [0, 0.05) is 0 Å². The third-order valence-electron chi connectivity index (χ3n) is 2.23. The number of ether oxygens (including phenoxy) is 1. The minimum Gasteiger partial charge on any atom is -0.404 e. The standard InChI is InChI=1S/C12H7ClF3N3O2/c13-10-6-5-8(18-19-10)11(20)17-7-3-1-2-4-9(7)21-12(14,15)16/h1-6H,(H,17,20). The average molecular weight is 318 g/mol. The van der Waals surface area contributed by atoms with Crippen molar-refractivity contribution in [2.45, 2.75) is 6.36 Å². The molecule has 0 aliphatic rings. The van der Waals surface area contributed by atoms with Crippen LogP contribution in [0.5, 0.6) is 5.75 Å². The second-order valence-electron chi connectivity index (χ2n) is 3.74. The molecule has 2 aromatic rings. The summed E-state index contributed by atoms with van der Waals surface area (Å²) < 4.78 is 40.6. The summed E-state index contributed by atoms with van der Waals surface area (Å²) in [5.41, 5.74) is -0.238. The molecule has 0 atom stereocenters. The number of nitrogens with zero attached hydrogens (tertiary/aromatic N) is 2. The molecule has 0 aliphatic heterocycles. The van der Waals surface area contributed by atoms with Crippen LogP contribution in [-0.4, -0.2) is 22.5 Å². The molecule has 0 unspecified atom stereocenters. The van der Waals surface area contributed by atoms with Crippen molar-refractivity contribution < 1.29 is 22.7 Å². The maximum atomic E-state index is 12.3. The Morgan fingerprint density at radius 3 is 2.48 bits per heavy atom. The monoisotopic (exact) mass is 317 g/mol. The number of carbonyl (C=O) groups is 1. The molecular formula is C12H7ClF3N3O2. The predicted molar refractivity (Wildman–Crippen MR) is 68.1 cm³/mol. The van der Waals surface area contributed by atoms with Crippen molar-refractivity contribution in [1.29, 1.82) is 0 Å². The van der Waals surface area contributed by atoms with Gasteiger partial charge in [0.05, 0.1) is 5.69 Å². The Kier molecular flexibility index (Phi) is 4.27. The van der Waals surface area contributed by atoms with Crippen LogP contribution >= 0.6 is 11.6 Å². The van der Waals surface area contributed by atoms with Crippen molar-refractivity contribution in [3.8, 4) is 5.75 Å². The molecule has 0 bridgehead atoms. The van der Waals surface area contributed by atoms with Crippen LogP contribution in [0, 0.1) is 0 Å². The number of amides is 1. The van der Waals surface area contributed by atoms with Crippen LogP contribution in [0.2, 0.25) is 5.15 Å². The number of rotatable bonds is 3. The first-order chi connectivity index (χ1) is 9.85. The minimum atomic E-state index is -4.86. The molecule has 110 valence electrons. The Balaban J connectivity index is 2.19. The molecule has 21 heavy (non-hydrogen) atoms. The highest BCUT2D eigenvalue weighted by atomic mass is 35.5. The van der Waals surface area contributed by atoms with Crippen molar-refractivity contribution in [3.05, 3.63) is 47.2 Å². The second kappa shape index (κ2) is 5.96. The van der Waals surface area contributed by atoms with Crippen LogP contribution < -0.4 is 10.1 Å². The topological polar surface area (TPSA) is 64.1 Å². The van der Waals surface area contributed by atoms with Gasteiger partial charge in [-0.3, -0.25) is 4.79 Å². The number of hydrogen-bond acceptors (Lipinski definition) is 4. The van der Waals surface area contributed by atoms with E-state index in [0.29, 0.717) is 0 Å². The lowest BCUT2D eigenvalue weighted by atomic mass is 10.2. The first-order valence-corrected chi connectivity index (χ1v) is 5.88. The van der Waals surface area contributed by atoms with Crippen molar-refractivity contribution in [1.82, 2.24) is 10.2 Å². The summed E-state index contributed by atoms with van der Waals surface area (Å²) in [6.45, 7) is 0. The quantitative estimate of drug-likeness (QED) is 0.943. The van der Waals surface area contributed by atoms with E-state index in [2.05, 4.69) is 20.3 Å². The van der Waals surface area contributed by atoms with E-state index in [0.717, 1.165) is 6.07 Å². The number of hydrogen-bond donors (Lipinski definition) is 1. The highest BCUT2D eigenvalue weighted by Gasteiger charge is 2.32. The van der Waals surface area contributed by atoms with Gasteiger partial charge in [-0.15, -0.1) is 23.4 Å². The fraction of sp³-hybridized carbons (Fsp3) is 0.0833. The molecule has 1 amide bonds. The summed E-state index contributed by atoms with van der Waals surface area (Å²) in [5.74, 6) is -1.27. The number of anilines is 1. The Morgan fingerprint density at radius 2 is 1.86 bits per heavy atom. The molecule has 5 nitrogen and oxygen atoms in total. The van der Waals surface area contributed by atoms with Crippen LogP contribution in [0.4, 0.5) is 18.9 Å². The van der Waals surface area contributed by atoms with E-state index in [9.17, 15) is 18.0 Å². The summed E-state index contributed by atoms with van der Waals surface area (Å²) >= 11 is 5.52. The molecule has 0 saturated carbocycles. The Hall–Kier alpha value is -2.35. The molecule has 9 heteroatoms. The number of aromatic nitrogens is 2. The van der Waals surface area contributed by atoms with Crippen LogP contribution in [0.3, 0.4) is 0 Å². The zero-order valence-electron chi connectivity index (χ0n) is 10.2. The van der Waals surface area contributed by atoms with Crippen molar-refractivity contribution in [2.75, 3.05) is 5.32 Å². The molecule has 0 spiro atoms. The lowest BCUT2D eigenvalue weighted by Gasteiger charge is -2.13. The van der Waals surface area contributed by atoms with Crippen LogP contribution in [-0.2, 0) is 0 Å². The minimum absolute atomic E-state index is 0.0901. The van der Waals surface area contributed by atoms with Gasteiger partial charge in [-0.25, -0.2) is 0 Å². The SMILES string of the molecule is O=C(Nc1ccccc1OC(F)(F)F)c1ccc(Cl)nn1. The van der Waals surface area contributed by atoms with Gasteiger partial charge < -0.3 is 10.1 Å². The largest absolute Gasteiger partial charge is 0.573 e. The van der Waals surface area contributed by atoms with E-state index in [1.54, 1.807) is 0 Å². The molecule has 1 aromatic carbocycles. The lowest BCUT2D eigenvalue weighted by molar-refractivity contribution is -0.274. The second-order valence-corrected chi connectivity index (χ2v) is 4.13. The summed E-state index contributed by atoms with van der Waals surface area (Å²) in [5, 5.41) is 9.34. The van der Waals surface area contributed by atoms with Gasteiger partial charge in [0.1, 0.15) is 0 Å². The molecule has 1 N–H and O–H groups in total. The van der Waals surface area contributed by atoms with Crippen LogP contribution in [0.1, 0.15) is 10.5 Å². The third kappa shape index (κ3) is 4.32. The van der Waals surface area contributed by atoms with Crippen LogP contribution in [0.15, 0.2) is 36.4 Å². The van der Waals surface area contributed by atoms with E-state index in [1.807, 2.05) is 0 Å². The average Bonchev–Trinajstić information content (AvgIpc) is 2.40. The molecule has 2 rings (SSSR count). The lowest BCUT2D eigenvalue weighted by Crippen LogP contribution is -2.20. The molecule has 1 heterocycles. The summed E-state index contributed by atoms with van der Waals surface area (Å²) in [6.07, 6.45) is -4.86. The van der Waals surface area contributed by atoms with E-state index in [1.165, 1.54) is 30.3 Å². The van der Waals surface area contributed by atoms with E-state index >= 15 is 0 Å². The van der Waals surface area contributed by atoms with Gasteiger partial charge in [-0.05, 0) is 24.3 Å². The number of para-hydroxylation sites is 2. The zero-order valence-corrected chi connectivity index (χ0v) is 10.9. The van der Waals surface area contributed by atoms with Gasteiger partial charge in [0.15, 0.2) is 16.6 Å². The smallest absolute Gasteiger partial charge is 0.404 e. The maximum absolute atomic E-state index is 12.3. The van der Waals surface area contributed by atoms with E-state index in [-0.39, 0.29) is 16.5 Å². The number of benzene rings is 1. The van der Waals surface area contributed by atoms with Gasteiger partial charge >= 0.3 is 6.36 Å². The fourth-order valence-electron chi connectivity index (χ4n) is 1.41. The van der Waals surface area contributed by atoms with Gasteiger partial charge in [-0.1, -0.05) is 23.7 Å². The molecule has 0 aliphatic carbocycles. The van der Waals surface area contributed by atoms with Crippen molar-refractivity contribution >= 4 is 23.2 Å². The Labute approximate surface area is 121 Å². The Bertz CT molecular complexity index is 647. The molecule has 0 saturated heterocycles. The van der Waals surface area contributed by atoms with Crippen molar-refractivity contribution in [3.63, 3.8) is 0 Å². The molecule has 0 radical (unpaired) electrons. The van der Waals surface area contributed by atoms with Gasteiger partial charge in [-0.2, -0.15) is 0 Å². The first-order valence-electron chi connectivity index (χ1n) is 5.50.